The number of aliphatic carboxylic acids is 1. The summed E-state index contributed by atoms with van der Waals surface area (Å²) in [5, 5.41) is 14.0. The Hall–Kier alpha value is -3.18. The predicted octanol–water partition coefficient (Wildman–Crippen LogP) is 1.51. The molecule has 0 bridgehead atoms. The molecule has 1 saturated heterocycles. The van der Waals surface area contributed by atoms with E-state index in [9.17, 15) is 24.3 Å². The summed E-state index contributed by atoms with van der Waals surface area (Å²) in [6.45, 7) is 0. The number of hydrogen-bond acceptors (Lipinski definition) is 7. The van der Waals surface area contributed by atoms with Crippen LogP contribution >= 0.6 is 23.5 Å². The number of carboxylic acid groups (broad SMARTS) is 1. The van der Waals surface area contributed by atoms with Crippen molar-refractivity contribution in [2.75, 3.05) is 11.5 Å². The molecule has 1 aromatic carbocycles. The fourth-order valence-electron chi connectivity index (χ4n) is 3.21. The van der Waals surface area contributed by atoms with Gasteiger partial charge in [-0.05, 0) is 23.8 Å². The van der Waals surface area contributed by atoms with E-state index in [-0.39, 0.29) is 23.1 Å². The van der Waals surface area contributed by atoms with Crippen molar-refractivity contribution in [3.8, 4) is 0 Å². The monoisotopic (exact) mass is 459 g/mol. The maximum absolute atomic E-state index is 12.6. The minimum absolute atomic E-state index is 0.132. The maximum atomic E-state index is 12.6. The molecule has 9 nitrogen and oxygen atoms in total. The Morgan fingerprint density at radius 1 is 1.29 bits per heavy atom. The number of aromatic amines is 1. The molecule has 4 rings (SSSR count). The first-order valence-electron chi connectivity index (χ1n) is 9.19. The Bertz CT molecular complexity index is 1140. The molecule has 3 N–H and O–H groups in total. The Labute approximate surface area is 184 Å². The lowest BCUT2D eigenvalue weighted by atomic mass is 10.0. The minimum atomic E-state index is -1.24. The standard InChI is InChI=1S/C20H17N3O6S2/c24-14-8-12(29-22-14)7-6-11-9-31-19-16(18(26)23(19)17(11)20(27)28)21-15(25)10-30-13-4-2-1-3-5-13/h1-8,16,19H,9-10H2,(H,21,25)(H,22,24)(H,27,28)/b7-6+/t16-,19-/m1/s1. The number of hydrogen-bond donors (Lipinski definition) is 3. The number of nitrogens with zero attached hydrogens (tertiary/aromatic N) is 1. The molecule has 2 amide bonds. The zero-order chi connectivity index (χ0) is 22.0. The Kier molecular flexibility index (Phi) is 6.05. The third-order valence-corrected chi connectivity index (χ3v) is 6.94. The largest absolute Gasteiger partial charge is 0.477 e. The number of carbonyl (C=O) groups excluding carboxylic acids is 2. The second-order valence-corrected chi connectivity index (χ2v) is 8.84. The van der Waals surface area contributed by atoms with E-state index in [2.05, 4.69) is 10.5 Å². The van der Waals surface area contributed by atoms with Gasteiger partial charge in [-0.15, -0.1) is 23.5 Å². The van der Waals surface area contributed by atoms with Gasteiger partial charge in [-0.25, -0.2) is 4.79 Å². The number of carboxylic acids is 1. The number of allylic oxidation sites excluding steroid dienone is 1. The van der Waals surface area contributed by atoms with Crippen LogP contribution in [0.2, 0.25) is 0 Å². The molecule has 0 radical (unpaired) electrons. The topological polar surface area (TPSA) is 133 Å². The highest BCUT2D eigenvalue weighted by molar-refractivity contribution is 8.00. The molecule has 2 atom stereocenters. The van der Waals surface area contributed by atoms with Crippen molar-refractivity contribution in [3.63, 3.8) is 0 Å². The van der Waals surface area contributed by atoms with Crippen LogP contribution in [0.4, 0.5) is 0 Å². The molecular weight excluding hydrogens is 442 g/mol. The molecule has 1 fully saturated rings. The third kappa shape index (κ3) is 4.47. The highest BCUT2D eigenvalue weighted by Crippen LogP contribution is 2.40. The summed E-state index contributed by atoms with van der Waals surface area (Å²) < 4.78 is 4.92. The van der Waals surface area contributed by atoms with Crippen LogP contribution in [0.3, 0.4) is 0 Å². The summed E-state index contributed by atoms with van der Waals surface area (Å²) >= 11 is 2.72. The highest BCUT2D eigenvalue weighted by atomic mass is 32.2. The van der Waals surface area contributed by atoms with Crippen LogP contribution in [0.5, 0.6) is 0 Å². The van der Waals surface area contributed by atoms with Crippen LogP contribution in [0.15, 0.2) is 68.0 Å². The van der Waals surface area contributed by atoms with E-state index in [1.165, 1.54) is 46.6 Å². The lowest BCUT2D eigenvalue weighted by molar-refractivity contribution is -0.150. The number of H-pyrrole nitrogens is 1. The summed E-state index contributed by atoms with van der Waals surface area (Å²) in [5.41, 5.74) is -0.130. The van der Waals surface area contributed by atoms with Gasteiger partial charge in [-0.1, -0.05) is 24.3 Å². The van der Waals surface area contributed by atoms with Crippen LogP contribution in [0, 0.1) is 0 Å². The van der Waals surface area contributed by atoms with Gasteiger partial charge < -0.3 is 14.9 Å². The van der Waals surface area contributed by atoms with Gasteiger partial charge in [0.15, 0.2) is 5.76 Å². The molecule has 0 saturated carbocycles. The molecule has 0 spiro atoms. The van der Waals surface area contributed by atoms with Crippen LogP contribution in [0.25, 0.3) is 6.08 Å². The summed E-state index contributed by atoms with van der Waals surface area (Å²) in [5.74, 6) is -1.27. The number of aromatic nitrogens is 1. The second kappa shape index (κ2) is 8.90. The fourth-order valence-corrected chi connectivity index (χ4v) is 5.26. The molecule has 0 aliphatic carbocycles. The number of thioether (sulfide) groups is 2. The third-order valence-electron chi connectivity index (χ3n) is 4.62. The molecule has 31 heavy (non-hydrogen) atoms. The average molecular weight is 460 g/mol. The average Bonchev–Trinajstić information content (AvgIpc) is 3.19. The lowest BCUT2D eigenvalue weighted by Crippen LogP contribution is -2.70. The van der Waals surface area contributed by atoms with Crippen molar-refractivity contribution in [1.82, 2.24) is 15.4 Å². The lowest BCUT2D eigenvalue weighted by Gasteiger charge is -2.49. The second-order valence-electron chi connectivity index (χ2n) is 6.68. The number of nitrogens with one attached hydrogen (secondary N) is 2. The van der Waals surface area contributed by atoms with Crippen LogP contribution in [0.1, 0.15) is 5.76 Å². The van der Waals surface area contributed by atoms with Crippen LogP contribution in [-0.2, 0) is 14.4 Å². The van der Waals surface area contributed by atoms with Crippen molar-refractivity contribution >= 4 is 47.4 Å². The van der Waals surface area contributed by atoms with E-state index in [1.54, 1.807) is 0 Å². The number of fused-ring (bicyclic) bond motifs is 1. The molecule has 0 unspecified atom stereocenters. The summed E-state index contributed by atoms with van der Waals surface area (Å²) in [4.78, 5) is 50.0. The van der Waals surface area contributed by atoms with Crippen molar-refractivity contribution < 1.29 is 24.0 Å². The number of carbonyl (C=O) groups is 3. The minimum Gasteiger partial charge on any atom is -0.477 e. The first-order valence-corrected chi connectivity index (χ1v) is 11.2. The van der Waals surface area contributed by atoms with E-state index in [0.717, 1.165) is 4.90 Å². The smallest absolute Gasteiger partial charge is 0.352 e. The molecule has 2 aliphatic rings. The zero-order valence-electron chi connectivity index (χ0n) is 15.9. The van der Waals surface area contributed by atoms with Gasteiger partial charge in [-0.3, -0.25) is 19.3 Å². The Morgan fingerprint density at radius 3 is 2.74 bits per heavy atom. The van der Waals surface area contributed by atoms with Gasteiger partial charge in [0.1, 0.15) is 17.1 Å². The van der Waals surface area contributed by atoms with Crippen molar-refractivity contribution in [2.45, 2.75) is 16.3 Å². The van der Waals surface area contributed by atoms with E-state index in [1.807, 2.05) is 30.3 Å². The molecule has 2 aliphatic heterocycles. The summed E-state index contributed by atoms with van der Waals surface area (Å²) in [7, 11) is 0. The predicted molar refractivity (Wildman–Crippen MR) is 115 cm³/mol. The van der Waals surface area contributed by atoms with Gasteiger partial charge in [0.25, 0.3) is 11.5 Å². The maximum Gasteiger partial charge on any atom is 0.352 e. The van der Waals surface area contributed by atoms with Crippen molar-refractivity contribution in [1.29, 1.82) is 0 Å². The number of rotatable bonds is 7. The van der Waals surface area contributed by atoms with E-state index in [0.29, 0.717) is 11.3 Å². The van der Waals surface area contributed by atoms with Crippen molar-refractivity contribution in [2.24, 2.45) is 0 Å². The van der Waals surface area contributed by atoms with Gasteiger partial charge in [0.05, 0.1) is 11.8 Å². The van der Waals surface area contributed by atoms with E-state index in [4.69, 9.17) is 4.52 Å². The molecule has 3 heterocycles. The Morgan fingerprint density at radius 2 is 2.06 bits per heavy atom. The molecule has 2 aromatic rings. The molecule has 11 heteroatoms. The van der Waals surface area contributed by atoms with Crippen LogP contribution < -0.4 is 10.9 Å². The van der Waals surface area contributed by atoms with Gasteiger partial charge in [0.2, 0.25) is 5.91 Å². The Balaban J connectivity index is 1.43. The van der Waals surface area contributed by atoms with Gasteiger partial charge >= 0.3 is 5.97 Å². The van der Waals surface area contributed by atoms with Crippen molar-refractivity contribution in [3.05, 3.63) is 69.9 Å². The van der Waals surface area contributed by atoms with E-state index >= 15 is 0 Å². The first-order chi connectivity index (χ1) is 14.9. The number of amides is 2. The van der Waals surface area contributed by atoms with E-state index < -0.39 is 28.9 Å². The first kappa shape index (κ1) is 21.1. The molecule has 160 valence electrons. The highest BCUT2D eigenvalue weighted by Gasteiger charge is 2.53. The number of β-lactam (4-membered cyclic amide) rings is 1. The normalized spacial score (nSPS) is 20.5. The molecular formula is C20H17N3O6S2. The summed E-state index contributed by atoms with van der Waals surface area (Å²) in [6, 6.07) is 9.88. The summed E-state index contributed by atoms with van der Waals surface area (Å²) in [6.07, 6.45) is 2.97. The zero-order valence-corrected chi connectivity index (χ0v) is 17.6. The van der Waals surface area contributed by atoms with Gasteiger partial charge in [0, 0.05) is 10.6 Å². The fraction of sp³-hybridized carbons (Fsp3) is 0.200. The SMILES string of the molecule is O=C(CSc1ccccc1)N[C@@H]1C(=O)N2C(C(=O)O)=C(/C=C/c3cc(=O)[nH]o3)CS[C@H]12. The van der Waals surface area contributed by atoms with Gasteiger partial charge in [-0.2, -0.15) is 5.16 Å². The van der Waals surface area contributed by atoms with Crippen LogP contribution in [-0.4, -0.2) is 55.9 Å². The number of benzene rings is 1. The quantitative estimate of drug-likeness (QED) is 0.419. The molecule has 1 aromatic heterocycles.